The van der Waals surface area contributed by atoms with E-state index in [4.69, 9.17) is 16.3 Å². The molecule has 0 heterocycles. The van der Waals surface area contributed by atoms with Crippen molar-refractivity contribution in [1.29, 1.82) is 0 Å². The predicted molar refractivity (Wildman–Crippen MR) is 61.7 cm³/mol. The molecule has 1 aromatic rings. The summed E-state index contributed by atoms with van der Waals surface area (Å²) in [7, 11) is 0. The number of hydrogen-bond acceptors (Lipinski definition) is 3. The van der Waals surface area contributed by atoms with Gasteiger partial charge in [0.25, 0.3) is 0 Å². The molecule has 16 heavy (non-hydrogen) atoms. The third kappa shape index (κ3) is 4.03. The van der Waals surface area contributed by atoms with Crippen molar-refractivity contribution in [2.24, 2.45) is 0 Å². The summed E-state index contributed by atoms with van der Waals surface area (Å²) in [5.41, 5.74) is 0.890. The minimum Gasteiger partial charge on any atom is -0.396 e. The van der Waals surface area contributed by atoms with Crippen molar-refractivity contribution in [3.8, 4) is 12.3 Å². The fourth-order valence-electron chi connectivity index (χ4n) is 1.31. The van der Waals surface area contributed by atoms with Gasteiger partial charge in [-0.15, -0.1) is 6.42 Å². The van der Waals surface area contributed by atoms with Gasteiger partial charge < -0.3 is 14.9 Å². The van der Waals surface area contributed by atoms with E-state index in [1.807, 2.05) is 30.3 Å². The zero-order valence-electron chi connectivity index (χ0n) is 9.04. The second-order valence-electron chi connectivity index (χ2n) is 3.46. The number of ether oxygens (including phenoxy) is 1. The van der Waals surface area contributed by atoms with Crippen LogP contribution in [0.4, 0.5) is 0 Å². The Morgan fingerprint density at radius 1 is 1.31 bits per heavy atom. The Morgan fingerprint density at radius 3 is 2.56 bits per heavy atom. The monoisotopic (exact) mass is 220 g/mol. The Balaban J connectivity index is 2.48. The van der Waals surface area contributed by atoms with Gasteiger partial charge in [0.1, 0.15) is 6.10 Å². The highest BCUT2D eigenvalue weighted by molar-refractivity contribution is 5.23. The topological polar surface area (TPSA) is 49.7 Å². The lowest BCUT2D eigenvalue weighted by Gasteiger charge is -2.15. The number of hydrogen-bond donors (Lipinski definition) is 2. The van der Waals surface area contributed by atoms with Crippen LogP contribution in [0.3, 0.4) is 0 Å². The SMILES string of the molecule is C#C[C@H](OCC(O)CCO)c1ccccc1. The van der Waals surface area contributed by atoms with E-state index < -0.39 is 12.2 Å². The van der Waals surface area contributed by atoms with Crippen LogP contribution in [0.2, 0.25) is 0 Å². The average molecular weight is 220 g/mol. The van der Waals surface area contributed by atoms with Crippen molar-refractivity contribution in [2.75, 3.05) is 13.2 Å². The van der Waals surface area contributed by atoms with Crippen LogP contribution >= 0.6 is 0 Å². The number of aliphatic hydroxyl groups excluding tert-OH is 2. The molecule has 0 aliphatic carbocycles. The van der Waals surface area contributed by atoms with Crippen molar-refractivity contribution < 1.29 is 14.9 Å². The highest BCUT2D eigenvalue weighted by Crippen LogP contribution is 2.16. The van der Waals surface area contributed by atoms with Crippen LogP contribution in [-0.2, 0) is 4.74 Å². The normalized spacial score (nSPS) is 14.1. The first kappa shape index (κ1) is 12.7. The van der Waals surface area contributed by atoms with Gasteiger partial charge in [-0.2, -0.15) is 0 Å². The largest absolute Gasteiger partial charge is 0.396 e. The third-order valence-electron chi connectivity index (χ3n) is 2.17. The van der Waals surface area contributed by atoms with Gasteiger partial charge in [0.05, 0.1) is 12.7 Å². The molecular formula is C13H16O3. The zero-order valence-corrected chi connectivity index (χ0v) is 9.04. The molecule has 1 rings (SSSR count). The first-order valence-electron chi connectivity index (χ1n) is 5.19. The van der Waals surface area contributed by atoms with E-state index in [0.717, 1.165) is 5.56 Å². The molecule has 0 saturated heterocycles. The molecule has 86 valence electrons. The van der Waals surface area contributed by atoms with Gasteiger partial charge in [-0.1, -0.05) is 36.3 Å². The summed E-state index contributed by atoms with van der Waals surface area (Å²) in [6, 6.07) is 9.42. The highest BCUT2D eigenvalue weighted by Gasteiger charge is 2.11. The zero-order chi connectivity index (χ0) is 11.8. The van der Waals surface area contributed by atoms with E-state index in [2.05, 4.69) is 5.92 Å². The molecule has 0 fully saturated rings. The number of benzene rings is 1. The molecule has 0 radical (unpaired) electrons. The Labute approximate surface area is 95.7 Å². The highest BCUT2D eigenvalue weighted by atomic mass is 16.5. The van der Waals surface area contributed by atoms with Gasteiger partial charge in [-0.05, 0) is 12.0 Å². The maximum Gasteiger partial charge on any atom is 0.143 e. The molecular weight excluding hydrogens is 204 g/mol. The van der Waals surface area contributed by atoms with Crippen LogP contribution in [0.15, 0.2) is 30.3 Å². The van der Waals surface area contributed by atoms with Crippen molar-refractivity contribution in [1.82, 2.24) is 0 Å². The second-order valence-corrected chi connectivity index (χ2v) is 3.46. The molecule has 0 aromatic heterocycles. The summed E-state index contributed by atoms with van der Waals surface area (Å²) in [4.78, 5) is 0. The van der Waals surface area contributed by atoms with E-state index in [9.17, 15) is 5.11 Å². The smallest absolute Gasteiger partial charge is 0.143 e. The molecule has 0 aliphatic rings. The van der Waals surface area contributed by atoms with Gasteiger partial charge in [0.15, 0.2) is 0 Å². The summed E-state index contributed by atoms with van der Waals surface area (Å²) in [5.74, 6) is 2.52. The van der Waals surface area contributed by atoms with Crippen molar-refractivity contribution in [2.45, 2.75) is 18.6 Å². The van der Waals surface area contributed by atoms with Crippen LogP contribution in [-0.4, -0.2) is 29.5 Å². The third-order valence-corrected chi connectivity index (χ3v) is 2.17. The van der Waals surface area contributed by atoms with Crippen molar-refractivity contribution >= 4 is 0 Å². The second kappa shape index (κ2) is 7.02. The summed E-state index contributed by atoms with van der Waals surface area (Å²) < 4.78 is 5.39. The van der Waals surface area contributed by atoms with Gasteiger partial charge >= 0.3 is 0 Å². The van der Waals surface area contributed by atoms with E-state index in [-0.39, 0.29) is 13.2 Å². The molecule has 0 spiro atoms. The summed E-state index contributed by atoms with van der Waals surface area (Å²) >= 11 is 0. The summed E-state index contributed by atoms with van der Waals surface area (Å²) in [5, 5.41) is 18.0. The quantitative estimate of drug-likeness (QED) is 0.706. The van der Waals surface area contributed by atoms with Crippen LogP contribution in [0.5, 0.6) is 0 Å². The maximum atomic E-state index is 9.39. The molecule has 3 nitrogen and oxygen atoms in total. The molecule has 2 N–H and O–H groups in total. The molecule has 0 amide bonds. The summed E-state index contributed by atoms with van der Waals surface area (Å²) in [6.45, 7) is 0.0703. The lowest BCUT2D eigenvalue weighted by molar-refractivity contribution is 0.00282. The van der Waals surface area contributed by atoms with Gasteiger partial charge in [0.2, 0.25) is 0 Å². The van der Waals surface area contributed by atoms with Crippen molar-refractivity contribution in [3.05, 3.63) is 35.9 Å². The van der Waals surface area contributed by atoms with Gasteiger partial charge in [0, 0.05) is 6.61 Å². The molecule has 0 bridgehead atoms. The fraction of sp³-hybridized carbons (Fsp3) is 0.385. The van der Waals surface area contributed by atoms with Crippen LogP contribution in [0.25, 0.3) is 0 Å². The molecule has 0 saturated carbocycles. The lowest BCUT2D eigenvalue weighted by Crippen LogP contribution is -2.18. The van der Waals surface area contributed by atoms with Crippen LogP contribution in [0, 0.1) is 12.3 Å². The van der Waals surface area contributed by atoms with Gasteiger partial charge in [-0.25, -0.2) is 0 Å². The Kier molecular flexibility index (Phi) is 5.58. The first-order chi connectivity index (χ1) is 7.77. The Morgan fingerprint density at radius 2 is 2.00 bits per heavy atom. The number of terminal acetylenes is 1. The van der Waals surface area contributed by atoms with E-state index in [0.29, 0.717) is 6.42 Å². The van der Waals surface area contributed by atoms with Crippen LogP contribution < -0.4 is 0 Å². The molecule has 0 aliphatic heterocycles. The molecule has 2 atom stereocenters. The van der Waals surface area contributed by atoms with Crippen molar-refractivity contribution in [3.63, 3.8) is 0 Å². The maximum absolute atomic E-state index is 9.39. The molecule has 1 unspecified atom stereocenters. The van der Waals surface area contributed by atoms with Gasteiger partial charge in [-0.3, -0.25) is 0 Å². The number of aliphatic hydroxyl groups is 2. The lowest BCUT2D eigenvalue weighted by atomic mass is 10.1. The standard InChI is InChI=1S/C13H16O3/c1-2-13(11-6-4-3-5-7-11)16-10-12(15)8-9-14/h1,3-7,12-15H,8-10H2/t12?,13-/m0/s1. The van der Waals surface area contributed by atoms with E-state index >= 15 is 0 Å². The van der Waals surface area contributed by atoms with E-state index in [1.54, 1.807) is 0 Å². The van der Waals surface area contributed by atoms with E-state index in [1.165, 1.54) is 0 Å². The molecule has 1 aromatic carbocycles. The average Bonchev–Trinajstić information content (AvgIpc) is 2.31. The van der Waals surface area contributed by atoms with Crippen LogP contribution in [0.1, 0.15) is 18.1 Å². The Hall–Kier alpha value is -1.34. The minimum absolute atomic E-state index is 0.0589. The first-order valence-corrected chi connectivity index (χ1v) is 5.19. The minimum atomic E-state index is -0.676. The summed E-state index contributed by atoms with van der Waals surface area (Å²) in [6.07, 6.45) is 4.53. The number of rotatable bonds is 6. The fourth-order valence-corrected chi connectivity index (χ4v) is 1.31. The Bertz CT molecular complexity index is 329. The predicted octanol–water partition coefficient (Wildman–Crippen LogP) is 1.12. The molecule has 3 heteroatoms.